The monoisotopic (exact) mass is 856 g/mol. The molecule has 0 spiro atoms. The summed E-state index contributed by atoms with van der Waals surface area (Å²) in [6, 6.07) is 43.1. The van der Waals surface area contributed by atoms with Crippen molar-refractivity contribution in [1.29, 1.82) is 0 Å². The number of halogens is 2. The summed E-state index contributed by atoms with van der Waals surface area (Å²) in [5.41, 5.74) is 3.86. The predicted octanol–water partition coefficient (Wildman–Crippen LogP) is 12.2. The molecule has 0 atom stereocenters. The largest absolute Gasteiger partial charge is 0.494 e. The highest BCUT2D eigenvalue weighted by Gasteiger charge is 2.17. The maximum atomic E-state index is 13.2. The van der Waals surface area contributed by atoms with Gasteiger partial charge in [0.1, 0.15) is 23.0 Å². The van der Waals surface area contributed by atoms with Crippen LogP contribution in [0.2, 0.25) is 10.0 Å². The standard InChI is InChI=1S/C50H46Cl2N2O7/c51-35-12-11-13-36(32-35)57-28-7-8-29-58-37-20-22-41-39-14-1-4-17-44(39)53(46(41)33-37)26-24-49(55)61-50(56)25-27-54-45-18-5-2-15-40(45)42-23-21-38(34-47(42)54)59-30-9-10-31-60-48-19-6-3-16-43(48)52/h1-6,11-23,32-34H,7-10,24-31H2. The maximum Gasteiger partial charge on any atom is 0.315 e. The van der Waals surface area contributed by atoms with E-state index in [0.717, 1.165) is 86.5 Å². The van der Waals surface area contributed by atoms with E-state index in [0.29, 0.717) is 55.3 Å². The first-order valence-corrected chi connectivity index (χ1v) is 21.4. The number of carbonyl (C=O) groups excluding carboxylic acids is 2. The van der Waals surface area contributed by atoms with Crippen LogP contribution < -0.4 is 18.9 Å². The van der Waals surface area contributed by atoms with E-state index in [9.17, 15) is 9.59 Å². The van der Waals surface area contributed by atoms with E-state index in [-0.39, 0.29) is 12.8 Å². The lowest BCUT2D eigenvalue weighted by Crippen LogP contribution is -2.16. The molecule has 0 bridgehead atoms. The zero-order chi connectivity index (χ0) is 42.0. The molecule has 0 amide bonds. The van der Waals surface area contributed by atoms with Crippen LogP contribution in [0.5, 0.6) is 23.0 Å². The molecule has 312 valence electrons. The molecule has 0 aliphatic heterocycles. The number of carbonyl (C=O) groups is 2. The molecule has 2 aromatic heterocycles. The molecular weight excluding hydrogens is 811 g/mol. The summed E-state index contributed by atoms with van der Waals surface area (Å²) < 4.78 is 33.4. The molecular formula is C50H46Cl2N2O7. The summed E-state index contributed by atoms with van der Waals surface area (Å²) in [7, 11) is 0. The highest BCUT2D eigenvalue weighted by molar-refractivity contribution is 6.32. The van der Waals surface area contributed by atoms with Gasteiger partial charge in [0, 0.05) is 62.8 Å². The molecule has 0 radical (unpaired) electrons. The Morgan fingerprint density at radius 3 is 1.43 bits per heavy atom. The van der Waals surface area contributed by atoms with Crippen LogP contribution >= 0.6 is 23.2 Å². The molecule has 0 aliphatic carbocycles. The molecule has 9 nitrogen and oxygen atoms in total. The van der Waals surface area contributed by atoms with Gasteiger partial charge in [-0.05, 0) is 92.4 Å². The van der Waals surface area contributed by atoms with Gasteiger partial charge in [-0.2, -0.15) is 0 Å². The topological polar surface area (TPSA) is 90.2 Å². The second kappa shape index (κ2) is 19.9. The lowest BCUT2D eigenvalue weighted by atomic mass is 10.1. The summed E-state index contributed by atoms with van der Waals surface area (Å²) in [5.74, 6) is 1.76. The first-order chi connectivity index (χ1) is 29.9. The van der Waals surface area contributed by atoms with Crippen LogP contribution in [0.15, 0.2) is 133 Å². The van der Waals surface area contributed by atoms with Gasteiger partial charge in [0.05, 0.1) is 55.3 Å². The molecule has 0 N–H and O–H groups in total. The van der Waals surface area contributed by atoms with Crippen LogP contribution in [0.4, 0.5) is 0 Å². The number of benzene rings is 6. The van der Waals surface area contributed by atoms with Gasteiger partial charge in [0.25, 0.3) is 0 Å². The summed E-state index contributed by atoms with van der Waals surface area (Å²) in [6.45, 7) is 2.84. The fourth-order valence-electron chi connectivity index (χ4n) is 7.63. The number of hydrogen-bond donors (Lipinski definition) is 0. The van der Waals surface area contributed by atoms with Crippen molar-refractivity contribution in [2.24, 2.45) is 0 Å². The molecule has 8 aromatic rings. The van der Waals surface area contributed by atoms with Gasteiger partial charge in [-0.1, -0.05) is 77.8 Å². The maximum absolute atomic E-state index is 13.2. The van der Waals surface area contributed by atoms with E-state index in [1.54, 1.807) is 6.07 Å². The van der Waals surface area contributed by atoms with Gasteiger partial charge in [-0.25, -0.2) is 0 Å². The normalized spacial score (nSPS) is 11.4. The van der Waals surface area contributed by atoms with E-state index in [1.165, 1.54) is 0 Å². The zero-order valence-corrected chi connectivity index (χ0v) is 35.2. The number of aryl methyl sites for hydroxylation is 2. The molecule has 0 aliphatic rings. The molecule has 0 fully saturated rings. The lowest BCUT2D eigenvalue weighted by molar-refractivity contribution is -0.159. The van der Waals surface area contributed by atoms with Crippen molar-refractivity contribution in [2.75, 3.05) is 26.4 Å². The summed E-state index contributed by atoms with van der Waals surface area (Å²) in [5, 5.41) is 5.50. The molecule has 0 saturated carbocycles. The third-order valence-corrected chi connectivity index (χ3v) is 11.1. The van der Waals surface area contributed by atoms with Crippen LogP contribution in [0.1, 0.15) is 38.5 Å². The van der Waals surface area contributed by atoms with E-state index in [1.807, 2.05) is 103 Å². The third-order valence-electron chi connectivity index (χ3n) is 10.6. The zero-order valence-electron chi connectivity index (χ0n) is 33.7. The number of hydrogen-bond acceptors (Lipinski definition) is 7. The lowest BCUT2D eigenvalue weighted by Gasteiger charge is -2.11. The Bertz CT molecular complexity index is 2800. The average molecular weight is 858 g/mol. The van der Waals surface area contributed by atoms with Crippen LogP contribution in [0, 0.1) is 0 Å². The Kier molecular flexibility index (Phi) is 13.6. The predicted molar refractivity (Wildman–Crippen MR) is 243 cm³/mol. The van der Waals surface area contributed by atoms with E-state index in [2.05, 4.69) is 33.4 Å². The average Bonchev–Trinajstić information content (AvgIpc) is 3.76. The van der Waals surface area contributed by atoms with E-state index < -0.39 is 11.9 Å². The van der Waals surface area contributed by atoms with Crippen molar-refractivity contribution < 1.29 is 33.3 Å². The minimum Gasteiger partial charge on any atom is -0.494 e. The molecule has 0 saturated heterocycles. The Hall–Kier alpha value is -6.16. The number of ether oxygens (including phenoxy) is 5. The molecule has 6 aromatic carbocycles. The minimum absolute atomic E-state index is 0.0266. The van der Waals surface area contributed by atoms with Crippen molar-refractivity contribution in [2.45, 2.75) is 51.6 Å². The number of esters is 2. The van der Waals surface area contributed by atoms with Crippen molar-refractivity contribution in [3.05, 3.63) is 144 Å². The number of aromatic nitrogens is 2. The molecule has 0 unspecified atom stereocenters. The van der Waals surface area contributed by atoms with Gasteiger partial charge in [0.15, 0.2) is 0 Å². The van der Waals surface area contributed by atoms with Gasteiger partial charge >= 0.3 is 11.9 Å². The van der Waals surface area contributed by atoms with Crippen molar-refractivity contribution in [3.63, 3.8) is 0 Å². The van der Waals surface area contributed by atoms with Gasteiger partial charge in [-0.3, -0.25) is 9.59 Å². The van der Waals surface area contributed by atoms with Gasteiger partial charge in [0.2, 0.25) is 0 Å². The van der Waals surface area contributed by atoms with Crippen molar-refractivity contribution in [3.8, 4) is 23.0 Å². The van der Waals surface area contributed by atoms with E-state index in [4.69, 9.17) is 46.9 Å². The Labute approximate surface area is 364 Å². The van der Waals surface area contributed by atoms with Crippen LogP contribution in [0.3, 0.4) is 0 Å². The molecule has 11 heteroatoms. The highest BCUT2D eigenvalue weighted by Crippen LogP contribution is 2.34. The van der Waals surface area contributed by atoms with Crippen LogP contribution in [-0.2, 0) is 27.4 Å². The SMILES string of the molecule is O=C(CCn1c2ccccc2c2ccc(OCCCCOc3cccc(Cl)c3)cc21)OC(=O)CCn1c2ccccc2c2ccc(OCCCCOc3ccccc3Cl)cc21. The summed E-state index contributed by atoms with van der Waals surface area (Å²) in [4.78, 5) is 26.3. The second-order valence-electron chi connectivity index (χ2n) is 14.7. The fraction of sp³-hybridized carbons (Fsp3) is 0.240. The Morgan fingerprint density at radius 1 is 0.443 bits per heavy atom. The molecule has 8 rings (SSSR count). The number of nitrogens with zero attached hydrogens (tertiary/aromatic N) is 2. The van der Waals surface area contributed by atoms with E-state index >= 15 is 0 Å². The number of unbranched alkanes of at least 4 members (excludes halogenated alkanes) is 2. The third kappa shape index (κ3) is 10.2. The van der Waals surface area contributed by atoms with Crippen molar-refractivity contribution in [1.82, 2.24) is 9.13 Å². The molecule has 2 heterocycles. The first kappa shape index (κ1) is 41.6. The number of rotatable bonds is 20. The van der Waals surface area contributed by atoms with Gasteiger partial charge < -0.3 is 32.8 Å². The Morgan fingerprint density at radius 2 is 0.902 bits per heavy atom. The van der Waals surface area contributed by atoms with Crippen LogP contribution in [0.25, 0.3) is 43.6 Å². The highest BCUT2D eigenvalue weighted by atomic mass is 35.5. The number of para-hydroxylation sites is 3. The van der Waals surface area contributed by atoms with Crippen molar-refractivity contribution >= 4 is 78.8 Å². The first-order valence-electron chi connectivity index (χ1n) is 20.7. The smallest absolute Gasteiger partial charge is 0.315 e. The molecule has 61 heavy (non-hydrogen) atoms. The fourth-order valence-corrected chi connectivity index (χ4v) is 8.00. The minimum atomic E-state index is -0.571. The summed E-state index contributed by atoms with van der Waals surface area (Å²) >= 11 is 12.2. The Balaban J connectivity index is 0.849. The van der Waals surface area contributed by atoms with Crippen LogP contribution in [-0.4, -0.2) is 47.5 Å². The quantitative estimate of drug-likeness (QED) is 0.0428. The number of fused-ring (bicyclic) bond motifs is 6. The second-order valence-corrected chi connectivity index (χ2v) is 15.6. The van der Waals surface area contributed by atoms with Gasteiger partial charge in [-0.15, -0.1) is 0 Å². The summed E-state index contributed by atoms with van der Waals surface area (Å²) in [6.07, 6.45) is 3.32.